The van der Waals surface area contributed by atoms with E-state index in [0.717, 1.165) is 23.7 Å². The van der Waals surface area contributed by atoms with Crippen LogP contribution in [0.3, 0.4) is 0 Å². The van der Waals surface area contributed by atoms with Crippen LogP contribution in [0.4, 0.5) is 0 Å². The number of hydrogen-bond donors (Lipinski definition) is 0. The Morgan fingerprint density at radius 2 is 2.13 bits per heavy atom. The lowest BCUT2D eigenvalue weighted by Gasteiger charge is -2.30. The fraction of sp³-hybridized carbons (Fsp3) is 0.444. The molecule has 1 aliphatic heterocycles. The summed E-state index contributed by atoms with van der Waals surface area (Å²) in [6, 6.07) is 11.7. The summed E-state index contributed by atoms with van der Waals surface area (Å²) in [5.41, 5.74) is 1.33. The number of aromatic nitrogens is 1. The van der Waals surface area contributed by atoms with Gasteiger partial charge in [0.05, 0.1) is 24.3 Å². The van der Waals surface area contributed by atoms with E-state index in [1.165, 1.54) is 0 Å². The number of carbonyl (C=O) groups is 1. The number of amides is 1. The third-order valence-electron chi connectivity index (χ3n) is 4.91. The molecule has 0 N–H and O–H groups in total. The van der Waals surface area contributed by atoms with E-state index in [1.807, 2.05) is 41.3 Å². The Hall–Kier alpha value is -1.98. The van der Waals surface area contributed by atoms with Crippen LogP contribution >= 0.6 is 0 Å². The Bertz CT molecular complexity index is 733. The topological polar surface area (TPSA) is 51.7 Å². The summed E-state index contributed by atoms with van der Waals surface area (Å²) in [6.07, 6.45) is 1.93. The Labute approximate surface area is 135 Å². The van der Waals surface area contributed by atoms with Gasteiger partial charge in [0.15, 0.2) is 0 Å². The van der Waals surface area contributed by atoms with E-state index in [1.54, 1.807) is 7.11 Å². The van der Waals surface area contributed by atoms with Crippen molar-refractivity contribution in [1.29, 1.82) is 0 Å². The van der Waals surface area contributed by atoms with Gasteiger partial charge in [0.1, 0.15) is 11.8 Å². The Morgan fingerprint density at radius 1 is 1.26 bits per heavy atom. The van der Waals surface area contributed by atoms with E-state index in [0.29, 0.717) is 18.8 Å². The number of para-hydroxylation sites is 1. The highest BCUT2D eigenvalue weighted by Crippen LogP contribution is 2.32. The highest BCUT2D eigenvalue weighted by molar-refractivity contribution is 5.95. The molecule has 5 heteroatoms. The quantitative estimate of drug-likeness (QED) is 0.853. The van der Waals surface area contributed by atoms with Crippen molar-refractivity contribution >= 4 is 16.8 Å². The predicted molar refractivity (Wildman–Crippen MR) is 86.3 cm³/mol. The number of hydrogen-bond acceptors (Lipinski definition) is 4. The number of carbonyl (C=O) groups excluding carboxylic acids is 1. The second-order valence-electron chi connectivity index (χ2n) is 6.14. The first-order valence-corrected chi connectivity index (χ1v) is 8.09. The molecule has 1 saturated heterocycles. The van der Waals surface area contributed by atoms with E-state index in [-0.39, 0.29) is 24.2 Å². The third kappa shape index (κ3) is 2.50. The Kier molecular flexibility index (Phi) is 3.75. The number of benzene rings is 1. The van der Waals surface area contributed by atoms with Gasteiger partial charge >= 0.3 is 0 Å². The smallest absolute Gasteiger partial charge is 0.272 e. The minimum absolute atomic E-state index is 0.0334. The van der Waals surface area contributed by atoms with E-state index in [2.05, 4.69) is 4.98 Å². The highest BCUT2D eigenvalue weighted by atomic mass is 16.5. The van der Waals surface area contributed by atoms with Crippen molar-refractivity contribution in [3.63, 3.8) is 0 Å². The minimum Gasteiger partial charge on any atom is -0.377 e. The van der Waals surface area contributed by atoms with Gasteiger partial charge < -0.3 is 14.4 Å². The summed E-state index contributed by atoms with van der Waals surface area (Å²) in [6.45, 7) is 1.15. The molecule has 1 saturated carbocycles. The van der Waals surface area contributed by atoms with Crippen LogP contribution in [0.5, 0.6) is 0 Å². The van der Waals surface area contributed by atoms with Gasteiger partial charge in [-0.1, -0.05) is 24.3 Å². The molecule has 1 aromatic carbocycles. The van der Waals surface area contributed by atoms with E-state index < -0.39 is 0 Å². The van der Waals surface area contributed by atoms with Crippen LogP contribution in [0, 0.1) is 0 Å². The standard InChI is InChI=1S/C18H20N2O3/c1-22-17-15-8-9-16(17)23-11-10-20(15)18(21)14-7-6-12-4-2-3-5-13(12)19-14/h2-7,15-17H,8-11H2,1H3/t15-,16-,17-/m1/s1. The molecular formula is C18H20N2O3. The molecule has 1 amide bonds. The van der Waals surface area contributed by atoms with Crippen molar-refractivity contribution in [1.82, 2.24) is 9.88 Å². The normalized spacial score (nSPS) is 27.2. The van der Waals surface area contributed by atoms with Crippen molar-refractivity contribution in [2.24, 2.45) is 0 Å². The van der Waals surface area contributed by atoms with Crippen LogP contribution in [0.1, 0.15) is 23.3 Å². The molecule has 0 unspecified atom stereocenters. The number of fused-ring (bicyclic) bond motifs is 3. The van der Waals surface area contributed by atoms with Gasteiger partial charge in [-0.05, 0) is 25.0 Å². The number of methoxy groups -OCH3 is 1. The minimum atomic E-state index is -0.0399. The molecule has 0 radical (unpaired) electrons. The van der Waals surface area contributed by atoms with Crippen LogP contribution in [-0.4, -0.2) is 54.3 Å². The first kappa shape index (κ1) is 14.6. The fourth-order valence-electron chi connectivity index (χ4n) is 3.78. The fourth-order valence-corrected chi connectivity index (χ4v) is 3.78. The molecule has 2 fully saturated rings. The Balaban J connectivity index is 1.66. The summed E-state index contributed by atoms with van der Waals surface area (Å²) in [7, 11) is 1.70. The lowest BCUT2D eigenvalue weighted by Crippen LogP contribution is -2.46. The van der Waals surface area contributed by atoms with Crippen LogP contribution in [-0.2, 0) is 9.47 Å². The zero-order valence-electron chi connectivity index (χ0n) is 13.1. The average molecular weight is 312 g/mol. The highest BCUT2D eigenvalue weighted by Gasteiger charge is 2.44. The van der Waals surface area contributed by atoms with Crippen LogP contribution in [0.25, 0.3) is 10.9 Å². The van der Waals surface area contributed by atoms with Gasteiger partial charge in [0.2, 0.25) is 0 Å². The largest absolute Gasteiger partial charge is 0.377 e. The summed E-state index contributed by atoms with van der Waals surface area (Å²) >= 11 is 0. The summed E-state index contributed by atoms with van der Waals surface area (Å²) in [4.78, 5) is 19.4. The van der Waals surface area contributed by atoms with Crippen molar-refractivity contribution in [3.05, 3.63) is 42.1 Å². The number of ether oxygens (including phenoxy) is 2. The van der Waals surface area contributed by atoms with Gasteiger partial charge in [-0.3, -0.25) is 4.79 Å². The molecule has 2 aliphatic rings. The number of pyridine rings is 1. The molecule has 120 valence electrons. The van der Waals surface area contributed by atoms with Crippen LogP contribution < -0.4 is 0 Å². The average Bonchev–Trinajstić information content (AvgIpc) is 2.89. The third-order valence-corrected chi connectivity index (χ3v) is 4.91. The van der Waals surface area contributed by atoms with Gasteiger partial charge in [-0.25, -0.2) is 4.98 Å². The first-order valence-electron chi connectivity index (χ1n) is 8.09. The van der Waals surface area contributed by atoms with Crippen molar-refractivity contribution in [3.8, 4) is 0 Å². The number of rotatable bonds is 2. The predicted octanol–water partition coefficient (Wildman–Crippen LogP) is 2.25. The maximum absolute atomic E-state index is 13.0. The van der Waals surface area contributed by atoms with Crippen molar-refractivity contribution in [2.45, 2.75) is 31.1 Å². The van der Waals surface area contributed by atoms with Gasteiger partial charge in [0, 0.05) is 19.0 Å². The first-order chi connectivity index (χ1) is 11.3. The lowest BCUT2D eigenvalue weighted by atomic mass is 10.1. The zero-order chi connectivity index (χ0) is 15.8. The molecule has 23 heavy (non-hydrogen) atoms. The second kappa shape index (κ2) is 5.91. The molecule has 2 heterocycles. The van der Waals surface area contributed by atoms with E-state index >= 15 is 0 Å². The molecule has 0 spiro atoms. The second-order valence-corrected chi connectivity index (χ2v) is 6.14. The molecule has 1 aromatic heterocycles. The summed E-state index contributed by atoms with van der Waals surface area (Å²) < 4.78 is 11.4. The maximum Gasteiger partial charge on any atom is 0.272 e. The van der Waals surface area contributed by atoms with Crippen LogP contribution in [0.2, 0.25) is 0 Å². The van der Waals surface area contributed by atoms with Gasteiger partial charge in [-0.2, -0.15) is 0 Å². The molecule has 2 aromatic rings. The van der Waals surface area contributed by atoms with Crippen LogP contribution in [0.15, 0.2) is 36.4 Å². The monoisotopic (exact) mass is 312 g/mol. The van der Waals surface area contributed by atoms with Gasteiger partial charge in [-0.15, -0.1) is 0 Å². The molecule has 4 rings (SSSR count). The molecule has 5 nitrogen and oxygen atoms in total. The van der Waals surface area contributed by atoms with E-state index in [9.17, 15) is 4.79 Å². The summed E-state index contributed by atoms with van der Waals surface area (Å²) in [5.74, 6) is -0.0334. The number of nitrogens with zero attached hydrogens (tertiary/aromatic N) is 2. The van der Waals surface area contributed by atoms with Gasteiger partial charge in [0.25, 0.3) is 5.91 Å². The zero-order valence-corrected chi connectivity index (χ0v) is 13.1. The molecular weight excluding hydrogens is 292 g/mol. The summed E-state index contributed by atoms with van der Waals surface area (Å²) in [5, 5.41) is 1.04. The lowest BCUT2D eigenvalue weighted by molar-refractivity contribution is -0.0316. The Morgan fingerprint density at radius 3 is 3.00 bits per heavy atom. The molecule has 2 bridgehead atoms. The van der Waals surface area contributed by atoms with Crippen molar-refractivity contribution < 1.29 is 14.3 Å². The maximum atomic E-state index is 13.0. The SMILES string of the molecule is CO[C@@H]1[C@H]2CC[C@H]1OCCN2C(=O)c1ccc2ccccc2n1. The molecule has 1 aliphatic carbocycles. The molecule has 3 atom stereocenters. The van der Waals surface area contributed by atoms with Crippen molar-refractivity contribution in [2.75, 3.05) is 20.3 Å². The van der Waals surface area contributed by atoms with E-state index in [4.69, 9.17) is 9.47 Å².